The molecule has 0 aromatic heterocycles. The third-order valence-corrected chi connectivity index (χ3v) is 10.4. The van der Waals surface area contributed by atoms with E-state index in [1.807, 2.05) is 42.5 Å². The third kappa shape index (κ3) is 3.08. The molecule has 0 unspecified atom stereocenters. The fourth-order valence-corrected chi connectivity index (χ4v) is 7.29. The van der Waals surface area contributed by atoms with Gasteiger partial charge in [-0.3, -0.25) is 0 Å². The molecule has 0 aliphatic carbocycles. The van der Waals surface area contributed by atoms with Crippen molar-refractivity contribution in [2.24, 2.45) is 0 Å². The molecule has 0 spiro atoms. The first-order valence-electron chi connectivity index (χ1n) is 7.16. The number of aromatic carboxylic acids is 1. The van der Waals surface area contributed by atoms with Crippen molar-refractivity contribution in [3.8, 4) is 0 Å². The van der Waals surface area contributed by atoms with Crippen molar-refractivity contribution in [1.29, 1.82) is 0 Å². The van der Waals surface area contributed by atoms with Crippen LogP contribution < -0.4 is 15.9 Å². The van der Waals surface area contributed by atoms with E-state index in [0.29, 0.717) is 5.56 Å². The van der Waals surface area contributed by atoms with Gasteiger partial charge in [0.25, 0.3) is 0 Å². The van der Waals surface area contributed by atoms with Crippen molar-refractivity contribution in [3.63, 3.8) is 0 Å². The number of benzene rings is 3. The van der Waals surface area contributed by atoms with Crippen molar-refractivity contribution in [2.75, 3.05) is 0 Å². The lowest BCUT2D eigenvalue weighted by Gasteiger charge is -2.20. The van der Waals surface area contributed by atoms with Crippen LogP contribution in [0.25, 0.3) is 0 Å². The van der Waals surface area contributed by atoms with Gasteiger partial charge in [-0.25, -0.2) is 4.79 Å². The zero-order valence-electron chi connectivity index (χ0n) is 12.3. The SMILES string of the molecule is O=C(O)c1cccc([P+](Br)(c2ccccc2)c2ccccc2)c1. The van der Waals surface area contributed by atoms with Gasteiger partial charge < -0.3 is 5.11 Å². The molecule has 0 bridgehead atoms. The van der Waals surface area contributed by atoms with Gasteiger partial charge in [-0.1, -0.05) is 42.5 Å². The lowest BCUT2D eigenvalue weighted by molar-refractivity contribution is 0.0697. The Balaban J connectivity index is 2.25. The van der Waals surface area contributed by atoms with E-state index in [1.165, 1.54) is 0 Å². The highest BCUT2D eigenvalue weighted by Gasteiger charge is 2.43. The molecule has 0 aliphatic heterocycles. The smallest absolute Gasteiger partial charge is 0.335 e. The average molecular weight is 386 g/mol. The minimum absolute atomic E-state index is 0.304. The Morgan fingerprint density at radius 2 is 1.22 bits per heavy atom. The quantitative estimate of drug-likeness (QED) is 0.689. The van der Waals surface area contributed by atoms with E-state index in [4.69, 9.17) is 0 Å². The van der Waals surface area contributed by atoms with Crippen LogP contribution in [0.3, 0.4) is 0 Å². The fourth-order valence-electron chi connectivity index (χ4n) is 2.54. The Kier molecular flexibility index (Phi) is 4.61. The van der Waals surface area contributed by atoms with E-state index in [2.05, 4.69) is 39.8 Å². The standard InChI is InChI=1S/C19H14BrO2P/c20-23(16-9-3-1-4-10-16,17-11-5-2-6-12-17)18-13-7-8-15(14-18)19(21)22/h1-14H/p+1. The second kappa shape index (κ2) is 6.66. The Bertz CT molecular complexity index is 780. The molecule has 114 valence electrons. The maximum absolute atomic E-state index is 11.4. The van der Waals surface area contributed by atoms with E-state index in [-0.39, 0.29) is 0 Å². The normalized spacial score (nSPS) is 11.2. The summed E-state index contributed by atoms with van der Waals surface area (Å²) in [5, 5.41) is 12.6. The van der Waals surface area contributed by atoms with Crippen LogP contribution in [0.4, 0.5) is 0 Å². The van der Waals surface area contributed by atoms with Crippen LogP contribution in [0.2, 0.25) is 0 Å². The summed E-state index contributed by atoms with van der Waals surface area (Å²) in [4.78, 5) is 11.4. The van der Waals surface area contributed by atoms with Crippen LogP contribution in [0.15, 0.2) is 84.9 Å². The first-order valence-corrected chi connectivity index (χ1v) is 11.0. The number of carboxylic acid groups (broad SMARTS) is 1. The Hall–Kier alpha value is -1.96. The molecule has 0 saturated carbocycles. The van der Waals surface area contributed by atoms with E-state index < -0.39 is 11.9 Å². The first kappa shape index (κ1) is 15.9. The lowest BCUT2D eigenvalue weighted by Crippen LogP contribution is -2.27. The fraction of sp³-hybridized carbons (Fsp3) is 0. The van der Waals surface area contributed by atoms with Crippen LogP contribution >= 0.6 is 21.5 Å². The van der Waals surface area contributed by atoms with E-state index in [0.717, 1.165) is 15.9 Å². The minimum atomic E-state index is -2.04. The predicted octanol–water partition coefficient (Wildman–Crippen LogP) is 3.99. The van der Waals surface area contributed by atoms with Crippen molar-refractivity contribution < 1.29 is 9.90 Å². The lowest BCUT2D eigenvalue weighted by atomic mass is 10.2. The van der Waals surface area contributed by atoms with E-state index >= 15 is 0 Å². The molecule has 0 amide bonds. The maximum Gasteiger partial charge on any atom is 0.335 e. The largest absolute Gasteiger partial charge is 0.478 e. The molecule has 23 heavy (non-hydrogen) atoms. The molecule has 0 radical (unpaired) electrons. The van der Waals surface area contributed by atoms with Crippen LogP contribution in [0.5, 0.6) is 0 Å². The Morgan fingerprint density at radius 3 is 1.70 bits per heavy atom. The highest BCUT2D eigenvalue weighted by Crippen LogP contribution is 2.62. The van der Waals surface area contributed by atoms with Crippen LogP contribution in [0, 0.1) is 0 Å². The molecule has 0 atom stereocenters. The topological polar surface area (TPSA) is 37.3 Å². The Morgan fingerprint density at radius 1 is 0.739 bits per heavy atom. The summed E-state index contributed by atoms with van der Waals surface area (Å²) in [5.74, 6) is -2.95. The van der Waals surface area contributed by atoms with Gasteiger partial charge in [-0.15, -0.1) is 0 Å². The van der Waals surface area contributed by atoms with Crippen LogP contribution in [-0.2, 0) is 0 Å². The molecule has 1 N–H and O–H groups in total. The van der Waals surface area contributed by atoms with Crippen molar-refractivity contribution in [1.82, 2.24) is 0 Å². The van der Waals surface area contributed by atoms with Gasteiger partial charge >= 0.3 is 5.97 Å². The summed E-state index contributed by atoms with van der Waals surface area (Å²) in [6.07, 6.45) is 0. The summed E-state index contributed by atoms with van der Waals surface area (Å²) >= 11 is 4.01. The highest BCUT2D eigenvalue weighted by atomic mass is 79.9. The number of rotatable bonds is 4. The highest BCUT2D eigenvalue weighted by molar-refractivity contribution is 9.44. The molecule has 3 aromatic carbocycles. The second-order valence-electron chi connectivity index (χ2n) is 5.12. The summed E-state index contributed by atoms with van der Waals surface area (Å²) in [6, 6.07) is 27.5. The monoisotopic (exact) mass is 385 g/mol. The van der Waals surface area contributed by atoms with Crippen molar-refractivity contribution in [3.05, 3.63) is 90.5 Å². The van der Waals surface area contributed by atoms with E-state index in [1.54, 1.807) is 18.2 Å². The maximum atomic E-state index is 11.4. The number of carboxylic acids is 1. The molecular formula is C19H15BrO2P+. The minimum Gasteiger partial charge on any atom is -0.478 e. The van der Waals surface area contributed by atoms with Gasteiger partial charge in [-0.2, -0.15) is 0 Å². The average Bonchev–Trinajstić information content (AvgIpc) is 2.62. The molecule has 0 aliphatic rings. The first-order chi connectivity index (χ1) is 11.1. The molecule has 4 heteroatoms. The molecule has 3 aromatic rings. The van der Waals surface area contributed by atoms with Gasteiger partial charge in [0.15, 0.2) is 21.5 Å². The van der Waals surface area contributed by atoms with Gasteiger partial charge in [0.05, 0.1) is 5.56 Å². The van der Waals surface area contributed by atoms with Gasteiger partial charge in [0.2, 0.25) is 0 Å². The molecule has 3 rings (SSSR count). The van der Waals surface area contributed by atoms with Crippen LogP contribution in [0.1, 0.15) is 10.4 Å². The van der Waals surface area contributed by atoms with E-state index in [9.17, 15) is 9.90 Å². The number of halogens is 1. The van der Waals surface area contributed by atoms with Gasteiger partial charge in [-0.05, 0) is 42.5 Å². The molecule has 2 nitrogen and oxygen atoms in total. The Labute approximate surface area is 143 Å². The van der Waals surface area contributed by atoms with Crippen molar-refractivity contribution >= 4 is 43.3 Å². The van der Waals surface area contributed by atoms with Crippen molar-refractivity contribution in [2.45, 2.75) is 0 Å². The zero-order valence-corrected chi connectivity index (χ0v) is 14.7. The van der Waals surface area contributed by atoms with Crippen LogP contribution in [-0.4, -0.2) is 11.1 Å². The zero-order chi connectivity index (χ0) is 16.3. The molecular weight excluding hydrogens is 371 g/mol. The number of hydrogen-bond donors (Lipinski definition) is 1. The van der Waals surface area contributed by atoms with Gasteiger partial charge in [0.1, 0.15) is 15.9 Å². The summed E-state index contributed by atoms with van der Waals surface area (Å²) in [7, 11) is 0. The second-order valence-corrected chi connectivity index (χ2v) is 11.0. The molecule has 0 saturated heterocycles. The summed E-state index contributed by atoms with van der Waals surface area (Å²) in [6.45, 7) is 0. The van der Waals surface area contributed by atoms with Gasteiger partial charge in [0, 0.05) is 0 Å². The summed E-state index contributed by atoms with van der Waals surface area (Å²) < 4.78 is 0. The third-order valence-electron chi connectivity index (χ3n) is 3.67. The molecule has 0 heterocycles. The predicted molar refractivity (Wildman–Crippen MR) is 101 cm³/mol. The number of carbonyl (C=O) groups is 1. The summed E-state index contributed by atoms with van der Waals surface area (Å²) in [5.41, 5.74) is 0.304. The molecule has 0 fully saturated rings. The number of hydrogen-bond acceptors (Lipinski definition) is 1.